The fourth-order valence-electron chi connectivity index (χ4n) is 5.15. The van der Waals surface area contributed by atoms with Crippen LogP contribution < -0.4 is 23.7 Å². The average Bonchev–Trinajstić information content (AvgIpc) is 3.40. The minimum atomic E-state index is -1.86. The molecule has 2 aromatic rings. The Morgan fingerprint density at radius 2 is 1.68 bits per heavy atom. The summed E-state index contributed by atoms with van der Waals surface area (Å²) in [5.41, 5.74) is -0.618. The maximum Gasteiger partial charge on any atom is 0.334 e. The summed E-state index contributed by atoms with van der Waals surface area (Å²) in [6.45, 7) is 7.57. The van der Waals surface area contributed by atoms with Crippen LogP contribution in [0.4, 0.5) is 0 Å². The number of carbonyl (C=O) groups excluding carboxylic acids is 2. The average molecular weight is 559 g/mol. The zero-order chi connectivity index (χ0) is 29.5. The number of hydrogen-bond donors (Lipinski definition) is 2. The lowest BCUT2D eigenvalue weighted by atomic mass is 9.71. The van der Waals surface area contributed by atoms with Gasteiger partial charge in [-0.3, -0.25) is 4.79 Å². The second kappa shape index (κ2) is 10.8. The number of methoxy groups -OCH3 is 3. The molecule has 4 atom stereocenters. The highest BCUT2D eigenvalue weighted by Gasteiger charge is 2.51. The summed E-state index contributed by atoms with van der Waals surface area (Å²) in [7, 11) is 4.17. The smallest absolute Gasteiger partial charge is 0.334 e. The Kier molecular flexibility index (Phi) is 7.80. The molecule has 1 aliphatic heterocycles. The third kappa shape index (κ3) is 4.53. The summed E-state index contributed by atoms with van der Waals surface area (Å²) < 4.78 is 39.9. The summed E-state index contributed by atoms with van der Waals surface area (Å²) in [5, 5.41) is 23.9. The molecule has 4 unspecified atom stereocenters. The van der Waals surface area contributed by atoms with Crippen LogP contribution in [0.2, 0.25) is 0 Å². The van der Waals surface area contributed by atoms with Gasteiger partial charge in [0.25, 0.3) is 0 Å². The minimum absolute atomic E-state index is 0.0149. The molecule has 2 N–H and O–H groups in total. The van der Waals surface area contributed by atoms with Crippen molar-refractivity contribution in [3.63, 3.8) is 0 Å². The number of aromatic hydroxyl groups is 1. The number of benzene rings is 2. The van der Waals surface area contributed by atoms with E-state index in [1.54, 1.807) is 32.9 Å². The van der Waals surface area contributed by atoms with Gasteiger partial charge in [0, 0.05) is 40.7 Å². The van der Waals surface area contributed by atoms with E-state index in [1.807, 2.05) is 0 Å². The summed E-state index contributed by atoms with van der Waals surface area (Å²) >= 11 is 0. The summed E-state index contributed by atoms with van der Waals surface area (Å²) in [6, 6.07) is 3.15. The van der Waals surface area contributed by atoms with Crippen molar-refractivity contribution in [3.8, 4) is 45.6 Å². The molecule has 0 radical (unpaired) electrons. The molecule has 0 saturated heterocycles. The first kappa shape index (κ1) is 28.9. The SMILES string of the molecule is CC=C(C)C(=O)OC1c2cc(OC)c(OC)c(O)c2-c2c(cc3c(c2OC)OCO3)C(OC(C)=O)C(C)C1(C)O. The number of rotatable bonds is 6. The first-order chi connectivity index (χ1) is 18.9. The number of phenolic OH excluding ortho intramolecular Hbond substituents is 1. The van der Waals surface area contributed by atoms with Crippen molar-refractivity contribution in [2.75, 3.05) is 28.1 Å². The van der Waals surface area contributed by atoms with Crippen LogP contribution in [0.1, 0.15) is 58.0 Å². The first-order valence-electron chi connectivity index (χ1n) is 12.6. The van der Waals surface area contributed by atoms with Crippen molar-refractivity contribution in [2.45, 2.75) is 52.4 Å². The van der Waals surface area contributed by atoms with Crippen molar-refractivity contribution in [2.24, 2.45) is 5.92 Å². The normalized spacial score (nSPS) is 23.2. The monoisotopic (exact) mass is 558 g/mol. The fourth-order valence-corrected chi connectivity index (χ4v) is 5.15. The lowest BCUT2D eigenvalue weighted by molar-refractivity contribution is -0.182. The van der Waals surface area contributed by atoms with Gasteiger partial charge in [-0.1, -0.05) is 13.0 Å². The maximum atomic E-state index is 13.1. The van der Waals surface area contributed by atoms with Crippen molar-refractivity contribution in [1.29, 1.82) is 0 Å². The molecule has 1 aliphatic carbocycles. The topological polar surface area (TPSA) is 139 Å². The number of carbonyl (C=O) groups is 2. The highest BCUT2D eigenvalue weighted by atomic mass is 16.7. The molecular formula is C29H34O11. The molecule has 0 amide bonds. The van der Waals surface area contributed by atoms with Crippen LogP contribution in [0.25, 0.3) is 11.1 Å². The summed E-state index contributed by atoms with van der Waals surface area (Å²) in [6.07, 6.45) is -0.903. The third-order valence-electron chi connectivity index (χ3n) is 7.55. The molecule has 0 aromatic heterocycles. The van der Waals surface area contributed by atoms with E-state index in [0.29, 0.717) is 16.9 Å². The molecule has 2 aromatic carbocycles. The molecule has 1 heterocycles. The highest BCUT2D eigenvalue weighted by molar-refractivity contribution is 5.91. The van der Waals surface area contributed by atoms with Gasteiger partial charge in [0.1, 0.15) is 11.7 Å². The summed E-state index contributed by atoms with van der Waals surface area (Å²) in [5.74, 6) is -1.68. The summed E-state index contributed by atoms with van der Waals surface area (Å²) in [4.78, 5) is 25.5. The number of ether oxygens (including phenoxy) is 7. The molecule has 11 heteroatoms. The van der Waals surface area contributed by atoms with E-state index in [-0.39, 0.29) is 52.2 Å². The van der Waals surface area contributed by atoms with E-state index in [4.69, 9.17) is 33.2 Å². The number of allylic oxidation sites excluding steroid dienone is 1. The second-order valence-corrected chi connectivity index (χ2v) is 9.83. The molecule has 216 valence electrons. The van der Waals surface area contributed by atoms with E-state index in [9.17, 15) is 19.8 Å². The molecule has 0 fully saturated rings. The van der Waals surface area contributed by atoms with Gasteiger partial charge in [-0.2, -0.15) is 0 Å². The van der Waals surface area contributed by atoms with E-state index < -0.39 is 35.7 Å². The second-order valence-electron chi connectivity index (χ2n) is 9.83. The zero-order valence-electron chi connectivity index (χ0n) is 23.7. The molecule has 0 spiro atoms. The van der Waals surface area contributed by atoms with E-state index in [0.717, 1.165) is 0 Å². The maximum absolute atomic E-state index is 13.1. The van der Waals surface area contributed by atoms with Crippen LogP contribution in [0, 0.1) is 5.92 Å². The molecule has 0 bridgehead atoms. The highest BCUT2D eigenvalue weighted by Crippen LogP contribution is 2.61. The Bertz CT molecular complexity index is 1380. The van der Waals surface area contributed by atoms with Crippen LogP contribution in [-0.4, -0.2) is 55.9 Å². The van der Waals surface area contributed by atoms with Crippen molar-refractivity contribution < 1.29 is 53.0 Å². The number of fused-ring (bicyclic) bond motifs is 4. The van der Waals surface area contributed by atoms with Gasteiger partial charge in [-0.05, 0) is 32.9 Å². The fraction of sp³-hybridized carbons (Fsp3) is 0.448. The Labute approximate surface area is 232 Å². The van der Waals surface area contributed by atoms with E-state index in [1.165, 1.54) is 41.2 Å². The van der Waals surface area contributed by atoms with Crippen LogP contribution >= 0.6 is 0 Å². The zero-order valence-corrected chi connectivity index (χ0v) is 23.7. The Morgan fingerprint density at radius 1 is 1.00 bits per heavy atom. The predicted molar refractivity (Wildman–Crippen MR) is 142 cm³/mol. The van der Waals surface area contributed by atoms with Gasteiger partial charge < -0.3 is 43.4 Å². The van der Waals surface area contributed by atoms with Gasteiger partial charge in [-0.15, -0.1) is 0 Å². The van der Waals surface area contributed by atoms with E-state index in [2.05, 4.69) is 0 Å². The largest absolute Gasteiger partial charge is 0.504 e. The molecule has 2 aliphatic rings. The Balaban J connectivity index is 2.22. The van der Waals surface area contributed by atoms with Gasteiger partial charge >= 0.3 is 11.9 Å². The van der Waals surface area contributed by atoms with Gasteiger partial charge in [-0.25, -0.2) is 4.79 Å². The van der Waals surface area contributed by atoms with Gasteiger partial charge in [0.2, 0.25) is 18.3 Å². The first-order valence-corrected chi connectivity index (χ1v) is 12.6. The van der Waals surface area contributed by atoms with Crippen LogP contribution in [0.15, 0.2) is 23.8 Å². The third-order valence-corrected chi connectivity index (χ3v) is 7.55. The van der Waals surface area contributed by atoms with Crippen molar-refractivity contribution in [3.05, 3.63) is 34.9 Å². The van der Waals surface area contributed by atoms with Crippen molar-refractivity contribution >= 4 is 11.9 Å². The van der Waals surface area contributed by atoms with Crippen LogP contribution in [-0.2, 0) is 19.1 Å². The standard InChI is InChI=1S/C29H34O11/c1-9-13(2)28(32)40-27-17-11-18(34-6)24(35-7)22(31)20(17)21-16(10-19-25(26(21)36-8)38-12-37-19)23(39-15(4)30)14(3)29(27,5)33/h9-11,14,23,27,31,33H,12H2,1-8H3. The molecule has 40 heavy (non-hydrogen) atoms. The van der Waals surface area contributed by atoms with E-state index >= 15 is 0 Å². The van der Waals surface area contributed by atoms with Crippen molar-refractivity contribution in [1.82, 2.24) is 0 Å². The van der Waals surface area contributed by atoms with Gasteiger partial charge in [0.05, 0.1) is 21.3 Å². The quantitative estimate of drug-likeness (QED) is 0.386. The Morgan fingerprint density at radius 3 is 2.25 bits per heavy atom. The number of hydrogen-bond acceptors (Lipinski definition) is 11. The van der Waals surface area contributed by atoms with Crippen LogP contribution in [0.5, 0.6) is 34.5 Å². The minimum Gasteiger partial charge on any atom is -0.504 e. The number of phenols is 1. The number of esters is 2. The molecule has 0 saturated carbocycles. The molecule has 4 rings (SSSR count). The molecular weight excluding hydrogens is 524 g/mol. The Hall–Kier alpha value is -4.12. The van der Waals surface area contributed by atoms with Crippen LogP contribution in [0.3, 0.4) is 0 Å². The molecule has 11 nitrogen and oxygen atoms in total. The number of aliphatic hydroxyl groups is 1. The lowest BCUT2D eigenvalue weighted by Gasteiger charge is -2.43. The van der Waals surface area contributed by atoms with Gasteiger partial charge in [0.15, 0.2) is 29.1 Å². The lowest BCUT2D eigenvalue weighted by Crippen LogP contribution is -2.46. The predicted octanol–water partition coefficient (Wildman–Crippen LogP) is 4.37.